The van der Waals surface area contributed by atoms with Gasteiger partial charge in [-0.1, -0.05) is 164 Å². The summed E-state index contributed by atoms with van der Waals surface area (Å²) in [6.07, 6.45) is -0.615. The van der Waals surface area contributed by atoms with Crippen LogP contribution in [0.4, 0.5) is 0 Å². The van der Waals surface area contributed by atoms with Crippen molar-refractivity contribution in [1.29, 1.82) is 0 Å². The van der Waals surface area contributed by atoms with Crippen LogP contribution in [0.15, 0.2) is 202 Å². The lowest BCUT2D eigenvalue weighted by atomic mass is 9.94. The number of nitrogens with zero attached hydrogens (tertiary/aromatic N) is 1. The van der Waals surface area contributed by atoms with E-state index in [0.29, 0.717) is 0 Å². The zero-order chi connectivity index (χ0) is 38.2. The monoisotopic (exact) mass is 745 g/mol. The fourth-order valence-corrected chi connectivity index (χ4v) is 9.00. The van der Waals surface area contributed by atoms with Crippen LogP contribution in [0.5, 0.6) is 0 Å². The quantitative estimate of drug-likeness (QED) is 0.184. The van der Waals surface area contributed by atoms with Gasteiger partial charge in [0.05, 0.1) is 0 Å². The second-order valence-corrected chi connectivity index (χ2v) is 15.1. The summed E-state index contributed by atoms with van der Waals surface area (Å²) in [4.78, 5) is 5.34. The van der Waals surface area contributed by atoms with Gasteiger partial charge >= 0.3 is 0 Å². The Hall–Kier alpha value is -7.47. The summed E-state index contributed by atoms with van der Waals surface area (Å²) >= 11 is 0. The van der Waals surface area contributed by atoms with Crippen molar-refractivity contribution in [1.82, 2.24) is 10.6 Å². The molecule has 0 radical (unpaired) electrons. The SMILES string of the molecule is c1ccc(-c2ccc(C3=NC(c4ccc5ccccc5c4)NC(c4cccc5oc6cccc(-c7cccc8c7oc7ccc9ccccc9c78)c6c45)N3)cc2)cc1. The second kappa shape index (κ2) is 13.1. The number of benzene rings is 9. The van der Waals surface area contributed by atoms with Gasteiger partial charge in [0.2, 0.25) is 0 Å². The van der Waals surface area contributed by atoms with Crippen molar-refractivity contribution < 1.29 is 8.83 Å². The number of para-hydroxylation sites is 1. The van der Waals surface area contributed by atoms with E-state index in [-0.39, 0.29) is 12.3 Å². The van der Waals surface area contributed by atoms with Gasteiger partial charge in [0.25, 0.3) is 0 Å². The Bertz CT molecular complexity index is 3410. The smallest absolute Gasteiger partial charge is 0.143 e. The topological polar surface area (TPSA) is 62.7 Å². The van der Waals surface area contributed by atoms with Gasteiger partial charge in [-0.25, -0.2) is 4.99 Å². The van der Waals surface area contributed by atoms with Crippen molar-refractivity contribution in [2.45, 2.75) is 12.3 Å². The fraction of sp³-hybridized carbons (Fsp3) is 0.0377. The molecule has 2 N–H and O–H groups in total. The Balaban J connectivity index is 1.03. The Labute approximate surface area is 333 Å². The standard InChI is InChI=1S/C53H35N3O2/c1-2-11-32(12-3-1)34-23-26-36(27-24-34)51-54-52(38-28-25-33-13-4-5-15-37(33)31-38)56-53(55-51)43-20-10-22-45-49(43)48-40(17-9-21-44(48)57-45)41-18-8-19-42-47-39-16-7-6-14-35(39)29-30-46(47)58-50(41)42/h1-31,52-53,56H,(H,54,55). The lowest BCUT2D eigenvalue weighted by Gasteiger charge is -2.32. The van der Waals surface area contributed by atoms with Crippen LogP contribution in [-0.4, -0.2) is 5.84 Å². The van der Waals surface area contributed by atoms with E-state index < -0.39 is 0 Å². The van der Waals surface area contributed by atoms with E-state index in [2.05, 4.69) is 193 Å². The van der Waals surface area contributed by atoms with Crippen LogP contribution in [-0.2, 0) is 0 Å². The Morgan fingerprint density at radius 2 is 1.09 bits per heavy atom. The lowest BCUT2D eigenvalue weighted by Crippen LogP contribution is -2.45. The molecule has 0 fully saturated rings. The minimum absolute atomic E-state index is 0.302. The molecule has 11 aromatic rings. The molecule has 3 heterocycles. The molecule has 0 amide bonds. The maximum atomic E-state index is 6.75. The third-order valence-electron chi connectivity index (χ3n) is 11.8. The van der Waals surface area contributed by atoms with Gasteiger partial charge in [0.1, 0.15) is 40.5 Å². The Morgan fingerprint density at radius 3 is 1.97 bits per heavy atom. The summed E-state index contributed by atoms with van der Waals surface area (Å²) in [5, 5.41) is 16.8. The van der Waals surface area contributed by atoms with Crippen molar-refractivity contribution in [3.05, 3.63) is 205 Å². The molecule has 9 aromatic carbocycles. The van der Waals surface area contributed by atoms with Crippen molar-refractivity contribution in [3.63, 3.8) is 0 Å². The molecule has 5 heteroatoms. The number of aliphatic imine (C=N–C) groups is 1. The third kappa shape index (κ3) is 5.25. The van der Waals surface area contributed by atoms with E-state index in [9.17, 15) is 0 Å². The molecule has 0 saturated heterocycles. The highest BCUT2D eigenvalue weighted by Gasteiger charge is 2.29. The van der Waals surface area contributed by atoms with Crippen LogP contribution in [0.2, 0.25) is 0 Å². The molecule has 0 spiro atoms. The molecule has 0 bridgehead atoms. The first-order valence-corrected chi connectivity index (χ1v) is 19.8. The maximum absolute atomic E-state index is 6.75. The van der Waals surface area contributed by atoms with E-state index in [4.69, 9.17) is 13.8 Å². The summed E-state index contributed by atoms with van der Waals surface area (Å²) in [7, 11) is 0. The average molecular weight is 746 g/mol. The van der Waals surface area contributed by atoms with Crippen LogP contribution >= 0.6 is 0 Å². The maximum Gasteiger partial charge on any atom is 0.143 e. The van der Waals surface area contributed by atoms with Gasteiger partial charge in [0.15, 0.2) is 0 Å². The normalized spacial score (nSPS) is 15.8. The number of fused-ring (bicyclic) bond motifs is 9. The predicted octanol–water partition coefficient (Wildman–Crippen LogP) is 13.5. The Kier molecular flexibility index (Phi) is 7.37. The summed E-state index contributed by atoms with van der Waals surface area (Å²) < 4.78 is 13.4. The Morgan fingerprint density at radius 1 is 0.431 bits per heavy atom. The largest absolute Gasteiger partial charge is 0.456 e. The number of hydrogen-bond acceptors (Lipinski definition) is 5. The van der Waals surface area contributed by atoms with E-state index in [1.165, 1.54) is 27.1 Å². The third-order valence-corrected chi connectivity index (χ3v) is 11.8. The number of rotatable bonds is 5. The van der Waals surface area contributed by atoms with E-state index in [0.717, 1.165) is 83.1 Å². The molecule has 0 aliphatic carbocycles. The van der Waals surface area contributed by atoms with Crippen molar-refractivity contribution in [3.8, 4) is 22.3 Å². The zero-order valence-electron chi connectivity index (χ0n) is 31.3. The molecule has 12 rings (SSSR count). The molecule has 1 aliphatic heterocycles. The number of hydrogen-bond donors (Lipinski definition) is 2. The van der Waals surface area contributed by atoms with Crippen LogP contribution in [0.1, 0.15) is 29.0 Å². The first-order chi connectivity index (χ1) is 28.7. The summed E-state index contributed by atoms with van der Waals surface area (Å²) in [6, 6.07) is 66.2. The average Bonchev–Trinajstić information content (AvgIpc) is 3.88. The molecule has 0 saturated carbocycles. The predicted molar refractivity (Wildman–Crippen MR) is 238 cm³/mol. The van der Waals surface area contributed by atoms with Gasteiger partial charge < -0.3 is 14.2 Å². The molecule has 2 unspecified atom stereocenters. The van der Waals surface area contributed by atoms with Crippen LogP contribution in [0.3, 0.4) is 0 Å². The fourth-order valence-electron chi connectivity index (χ4n) is 9.00. The van der Waals surface area contributed by atoms with E-state index >= 15 is 0 Å². The van der Waals surface area contributed by atoms with Gasteiger partial charge in [-0.3, -0.25) is 5.32 Å². The zero-order valence-corrected chi connectivity index (χ0v) is 31.3. The number of furan rings is 2. The van der Waals surface area contributed by atoms with Gasteiger partial charge in [-0.05, 0) is 68.1 Å². The first kappa shape index (κ1) is 32.7. The highest BCUT2D eigenvalue weighted by atomic mass is 16.3. The minimum atomic E-state index is -0.313. The highest BCUT2D eigenvalue weighted by molar-refractivity contribution is 6.23. The van der Waals surface area contributed by atoms with Crippen LogP contribution in [0, 0.1) is 0 Å². The van der Waals surface area contributed by atoms with E-state index in [1.54, 1.807) is 0 Å². The molecule has 58 heavy (non-hydrogen) atoms. The minimum Gasteiger partial charge on any atom is -0.456 e. The molecule has 2 aromatic heterocycles. The van der Waals surface area contributed by atoms with Gasteiger partial charge in [-0.15, -0.1) is 0 Å². The number of amidine groups is 1. The van der Waals surface area contributed by atoms with Crippen molar-refractivity contribution in [2.75, 3.05) is 0 Å². The second-order valence-electron chi connectivity index (χ2n) is 15.1. The van der Waals surface area contributed by atoms with E-state index in [1.807, 2.05) is 6.07 Å². The number of nitrogens with one attached hydrogen (secondary N) is 2. The molecule has 2 atom stereocenters. The van der Waals surface area contributed by atoms with Crippen LogP contribution in [0.25, 0.3) is 87.7 Å². The molecule has 1 aliphatic rings. The van der Waals surface area contributed by atoms with Gasteiger partial charge in [0, 0.05) is 38.2 Å². The first-order valence-electron chi connectivity index (χ1n) is 19.8. The molecule has 274 valence electrons. The molecular weight excluding hydrogens is 711 g/mol. The summed E-state index contributed by atoms with van der Waals surface area (Å²) in [6.45, 7) is 0. The molecular formula is C53H35N3O2. The van der Waals surface area contributed by atoms with Crippen LogP contribution < -0.4 is 10.6 Å². The summed E-state index contributed by atoms with van der Waals surface area (Å²) in [5.74, 6) is 0.825. The summed E-state index contributed by atoms with van der Waals surface area (Å²) in [5.41, 5.74) is 11.0. The van der Waals surface area contributed by atoms with Crippen molar-refractivity contribution >= 4 is 71.3 Å². The lowest BCUT2D eigenvalue weighted by molar-refractivity contribution is 0.411. The van der Waals surface area contributed by atoms with Gasteiger partial charge in [-0.2, -0.15) is 0 Å². The highest BCUT2D eigenvalue weighted by Crippen LogP contribution is 2.45. The molecule has 5 nitrogen and oxygen atoms in total. The van der Waals surface area contributed by atoms with Crippen molar-refractivity contribution in [2.24, 2.45) is 4.99 Å².